The molecule has 3 atom stereocenters. The highest BCUT2D eigenvalue weighted by molar-refractivity contribution is 8.77. The van der Waals surface area contributed by atoms with Crippen molar-refractivity contribution in [3.8, 4) is 11.5 Å². The van der Waals surface area contributed by atoms with Crippen LogP contribution < -0.4 is 30.6 Å². The number of amides is 4. The number of methoxy groups -OCH3 is 2. The number of benzene rings is 4. The van der Waals surface area contributed by atoms with Crippen molar-refractivity contribution in [2.75, 3.05) is 43.3 Å². The molecule has 1 fully saturated rings. The Bertz CT molecular complexity index is 3100. The van der Waals surface area contributed by atoms with Gasteiger partial charge < -0.3 is 34.4 Å². The number of carbonyl (C=O) groups excluding carboxylic acids is 5. The van der Waals surface area contributed by atoms with E-state index < -0.39 is 17.3 Å². The van der Waals surface area contributed by atoms with Crippen LogP contribution in [0.15, 0.2) is 114 Å². The van der Waals surface area contributed by atoms with Gasteiger partial charge in [-0.3, -0.25) is 39.1 Å². The third-order valence-corrected chi connectivity index (χ3v) is 17.3. The van der Waals surface area contributed by atoms with Crippen molar-refractivity contribution in [2.45, 2.75) is 122 Å². The average molecular weight is 1130 g/mol. The number of ether oxygens (including phenoxy) is 3. The van der Waals surface area contributed by atoms with Gasteiger partial charge in [-0.15, -0.1) is 0 Å². The molecule has 1 aliphatic rings. The maximum Gasteiger partial charge on any atom is 0.280 e. The fraction of sp³-hybridized carbons (Fsp3) is 0.417. The number of carbonyl (C=O) groups is 5. The van der Waals surface area contributed by atoms with Crippen LogP contribution in [0, 0.1) is 5.92 Å². The minimum atomic E-state index is -1.06. The van der Waals surface area contributed by atoms with E-state index in [-0.39, 0.29) is 89.0 Å². The summed E-state index contributed by atoms with van der Waals surface area (Å²) in [6.07, 6.45) is 3.96. The smallest absolute Gasteiger partial charge is 0.280 e. The molecule has 0 unspecified atom stereocenters. The molecule has 6 aromatic rings. The summed E-state index contributed by atoms with van der Waals surface area (Å²) in [6.45, 7) is 11.3. The summed E-state index contributed by atoms with van der Waals surface area (Å²) in [5, 5.41) is 16.5. The number of ketones is 1. The van der Waals surface area contributed by atoms with Crippen molar-refractivity contribution in [3.63, 3.8) is 0 Å². The van der Waals surface area contributed by atoms with E-state index in [1.807, 2.05) is 85.8 Å². The lowest BCUT2D eigenvalue weighted by atomic mass is 9.80. The molecule has 0 aliphatic carbocycles. The molecule has 1 aliphatic heterocycles. The van der Waals surface area contributed by atoms with Crippen LogP contribution >= 0.6 is 21.6 Å². The Balaban J connectivity index is 0.836. The van der Waals surface area contributed by atoms with E-state index in [1.165, 1.54) is 18.0 Å². The number of aliphatic hydroxyl groups is 1. The molecule has 18 nitrogen and oxygen atoms in total. The molecule has 0 bridgehead atoms. The summed E-state index contributed by atoms with van der Waals surface area (Å²) in [5.41, 5.74) is 2.20. The van der Waals surface area contributed by atoms with Crippen LogP contribution in [-0.4, -0.2) is 115 Å². The maximum absolute atomic E-state index is 14.0. The Hall–Kier alpha value is -7.13. The number of nitrogens with zero attached hydrogens (tertiary/aromatic N) is 5. The highest BCUT2D eigenvalue weighted by atomic mass is 33.1. The van der Waals surface area contributed by atoms with E-state index in [0.29, 0.717) is 73.4 Å². The number of β-amino-alcohol motifs (C(OH)–C–C–N with tert-alkyl or cyclic N) is 1. The number of aromatic amines is 1. The van der Waals surface area contributed by atoms with Crippen LogP contribution in [0.1, 0.15) is 119 Å². The zero-order chi connectivity index (χ0) is 57.6. The predicted octanol–water partition coefficient (Wildman–Crippen LogP) is 9.04. The van der Waals surface area contributed by atoms with Crippen LogP contribution in [0.25, 0.3) is 11.2 Å². The number of nitrogens with one attached hydrogen (secondary N) is 3. The molecule has 1 saturated heterocycles. The van der Waals surface area contributed by atoms with E-state index in [4.69, 9.17) is 14.2 Å². The summed E-state index contributed by atoms with van der Waals surface area (Å²) in [4.78, 5) is 96.4. The van der Waals surface area contributed by atoms with Gasteiger partial charge in [-0.25, -0.2) is 9.97 Å². The lowest BCUT2D eigenvalue weighted by Crippen LogP contribution is -2.42. The summed E-state index contributed by atoms with van der Waals surface area (Å²) in [5.74, 6) is 0.964. The zero-order valence-electron chi connectivity index (χ0n) is 46.7. The SMILES string of the molecule is COc1ccc(C(OC[C@@H]2C[C@@H](O)CN2C(=O)CCC(C)(C)SSCCCC(=O)CC[C@@H](C)NC(=O)c2ccc(N(Cc3cnc4nc(NC(=O)C(C)C)[nH]c(=O)c4n3)C(C)=O)cc2)(c2ccccc2)c2ccc(OC)cc2)cc1. The third-order valence-electron chi connectivity index (χ3n) is 13.9. The summed E-state index contributed by atoms with van der Waals surface area (Å²) in [7, 11) is 6.65. The number of fused-ring (bicyclic) bond motifs is 1. The quantitative estimate of drug-likeness (QED) is 0.0214. The molecule has 4 amide bonds. The Kier molecular flexibility index (Phi) is 21.1. The molecule has 80 heavy (non-hydrogen) atoms. The first-order valence-corrected chi connectivity index (χ1v) is 29.1. The third kappa shape index (κ3) is 15.8. The van der Waals surface area contributed by atoms with Crippen molar-refractivity contribution < 1.29 is 43.3 Å². The second-order valence-electron chi connectivity index (χ2n) is 20.9. The first-order valence-electron chi connectivity index (χ1n) is 26.8. The normalized spacial score (nSPS) is 14.9. The summed E-state index contributed by atoms with van der Waals surface area (Å²) >= 11 is 0. The standard InChI is InChI=1S/C60H72N8O10S2/c1-38(2)55(73)65-58-64-54-53(57(75)66-58)63-45(34-61-54)35-67(40(4)69)46-23-17-41(18-24-46)56(74)62-39(3)16-25-48(70)15-12-32-79-80-59(5,6)31-30-52(72)68-36-49(71)33-47(68)37-78-60(42-13-10-9-11-14-42,43-19-26-50(76-7)27-20-43)44-21-28-51(77-8)29-22-44/h9-11,13-14,17-24,26-29,34,38-39,47,49,71H,12,15-16,25,30-33,35-37H2,1-8H3,(H,62,74)(H2,61,64,65,66,73,75)/t39-,47+,49-/m1/s1. The number of aliphatic hydroxyl groups excluding tert-OH is 1. The molecule has 4 N–H and O–H groups in total. The van der Waals surface area contributed by atoms with Gasteiger partial charge in [0.1, 0.15) is 22.9 Å². The Morgan fingerprint density at radius 2 is 1.49 bits per heavy atom. The average Bonchev–Trinajstić information content (AvgIpc) is 3.84. The van der Waals surface area contributed by atoms with E-state index in [2.05, 4.69) is 44.4 Å². The molecule has 4 aromatic carbocycles. The maximum atomic E-state index is 14.0. The molecule has 20 heteroatoms. The summed E-state index contributed by atoms with van der Waals surface area (Å²) in [6, 6.07) is 31.5. The number of likely N-dealkylation sites (tertiary alicyclic amines) is 1. The highest BCUT2D eigenvalue weighted by Crippen LogP contribution is 2.43. The van der Waals surface area contributed by atoms with Gasteiger partial charge in [0, 0.05) is 66.4 Å². The van der Waals surface area contributed by atoms with Gasteiger partial charge in [-0.1, -0.05) is 90.0 Å². The lowest BCUT2D eigenvalue weighted by Gasteiger charge is -2.38. The fourth-order valence-electron chi connectivity index (χ4n) is 9.34. The molecule has 7 rings (SSSR count). The van der Waals surface area contributed by atoms with Crippen LogP contribution in [0.2, 0.25) is 0 Å². The first-order chi connectivity index (χ1) is 38.3. The molecule has 0 saturated carbocycles. The molecular weight excluding hydrogens is 1060 g/mol. The van der Waals surface area contributed by atoms with Gasteiger partial charge >= 0.3 is 0 Å². The monoisotopic (exact) mass is 1130 g/mol. The molecular formula is C60H72N8O10S2. The van der Waals surface area contributed by atoms with Gasteiger partial charge in [0.25, 0.3) is 11.5 Å². The van der Waals surface area contributed by atoms with E-state index >= 15 is 0 Å². The molecule has 0 radical (unpaired) electrons. The minimum absolute atomic E-state index is 0.0129. The van der Waals surface area contributed by atoms with Crippen molar-refractivity contribution in [2.24, 2.45) is 5.92 Å². The second-order valence-corrected chi connectivity index (χ2v) is 24.0. The Labute approximate surface area is 475 Å². The van der Waals surface area contributed by atoms with Gasteiger partial charge in [-0.2, -0.15) is 4.98 Å². The van der Waals surface area contributed by atoms with Gasteiger partial charge in [0.15, 0.2) is 11.2 Å². The van der Waals surface area contributed by atoms with Gasteiger partial charge in [0.05, 0.1) is 51.4 Å². The van der Waals surface area contributed by atoms with E-state index in [0.717, 1.165) is 22.4 Å². The number of rotatable bonds is 27. The number of hydrogen-bond acceptors (Lipinski definition) is 15. The Morgan fingerprint density at radius 3 is 2.10 bits per heavy atom. The van der Waals surface area contributed by atoms with E-state index in [9.17, 15) is 33.9 Å². The molecule has 3 heterocycles. The summed E-state index contributed by atoms with van der Waals surface area (Å²) < 4.78 is 17.9. The fourth-order valence-corrected chi connectivity index (χ4v) is 12.0. The number of H-pyrrole nitrogens is 1. The van der Waals surface area contributed by atoms with Crippen LogP contribution in [-0.2, 0) is 36.1 Å². The van der Waals surface area contributed by atoms with Crippen molar-refractivity contribution in [3.05, 3.63) is 148 Å². The van der Waals surface area contributed by atoms with Crippen LogP contribution in [0.3, 0.4) is 0 Å². The predicted molar refractivity (Wildman–Crippen MR) is 313 cm³/mol. The number of Topliss-reactive ketones (excluding diaryl/α,β-unsaturated/α-hetero) is 1. The zero-order valence-corrected chi connectivity index (χ0v) is 48.3. The highest BCUT2D eigenvalue weighted by Gasteiger charge is 2.42. The second kappa shape index (κ2) is 27.8. The minimum Gasteiger partial charge on any atom is -0.497 e. The number of anilines is 2. The van der Waals surface area contributed by atoms with Gasteiger partial charge in [-0.05, 0) is 112 Å². The Morgan fingerprint density at radius 1 is 0.850 bits per heavy atom. The van der Waals surface area contributed by atoms with Crippen molar-refractivity contribution >= 4 is 73.8 Å². The number of hydrogen-bond donors (Lipinski definition) is 4. The topological polar surface area (TPSA) is 235 Å². The van der Waals surface area contributed by atoms with Crippen LogP contribution in [0.5, 0.6) is 11.5 Å². The lowest BCUT2D eigenvalue weighted by molar-refractivity contribution is -0.134. The van der Waals surface area contributed by atoms with Gasteiger partial charge in [0.2, 0.25) is 23.7 Å². The van der Waals surface area contributed by atoms with Crippen molar-refractivity contribution in [1.82, 2.24) is 30.2 Å². The molecule has 424 valence electrons. The largest absolute Gasteiger partial charge is 0.497 e. The van der Waals surface area contributed by atoms with E-state index in [1.54, 1.807) is 78.8 Å². The van der Waals surface area contributed by atoms with Crippen LogP contribution in [0.4, 0.5) is 11.6 Å². The molecule has 0 spiro atoms. The van der Waals surface area contributed by atoms with Crippen molar-refractivity contribution in [1.29, 1.82) is 0 Å². The first kappa shape index (κ1) is 60.5. The number of aromatic nitrogens is 4. The molecule has 2 aromatic heterocycles.